The molecule has 3 nitrogen and oxygen atoms in total. The Morgan fingerprint density at radius 1 is 1.05 bits per heavy atom. The minimum Gasteiger partial charge on any atom is -0.497 e. The van der Waals surface area contributed by atoms with Gasteiger partial charge in [0.15, 0.2) is 0 Å². The average Bonchev–Trinajstić information content (AvgIpc) is 2.52. The van der Waals surface area contributed by atoms with Crippen molar-refractivity contribution in [3.63, 3.8) is 0 Å². The van der Waals surface area contributed by atoms with Crippen molar-refractivity contribution >= 4 is 5.69 Å². The summed E-state index contributed by atoms with van der Waals surface area (Å²) < 4.78 is 24.0. The Hall–Kier alpha value is -2.07. The second-order valence-corrected chi connectivity index (χ2v) is 4.71. The van der Waals surface area contributed by atoms with Crippen LogP contribution in [0.15, 0.2) is 42.5 Å². The molecule has 0 saturated heterocycles. The van der Waals surface area contributed by atoms with E-state index in [1.165, 1.54) is 13.2 Å². The fourth-order valence-corrected chi connectivity index (χ4v) is 2.11. The molecular weight excluding hydrogens is 269 g/mol. The first-order valence-electron chi connectivity index (χ1n) is 6.87. The summed E-state index contributed by atoms with van der Waals surface area (Å²) in [5, 5.41) is 3.28. The molecule has 0 aliphatic carbocycles. The van der Waals surface area contributed by atoms with E-state index in [0.717, 1.165) is 17.7 Å². The highest BCUT2D eigenvalue weighted by Crippen LogP contribution is 2.20. The number of halogens is 1. The minimum atomic E-state index is -0.267. The lowest BCUT2D eigenvalue weighted by molar-refractivity contribution is 0.202. The SMILES string of the molecule is COCCc1ccccc1NCc1ccc(OC)cc1F. The lowest BCUT2D eigenvalue weighted by Gasteiger charge is -2.12. The van der Waals surface area contributed by atoms with Gasteiger partial charge in [0, 0.05) is 31.0 Å². The highest BCUT2D eigenvalue weighted by molar-refractivity contribution is 5.51. The maximum Gasteiger partial charge on any atom is 0.131 e. The van der Waals surface area contributed by atoms with Crippen molar-refractivity contribution in [2.75, 3.05) is 26.1 Å². The fraction of sp³-hybridized carbons (Fsp3) is 0.294. The summed E-state index contributed by atoms with van der Waals surface area (Å²) in [6.45, 7) is 1.09. The number of ether oxygens (including phenoxy) is 2. The summed E-state index contributed by atoms with van der Waals surface area (Å²) in [6.07, 6.45) is 0.824. The molecule has 112 valence electrons. The number of methoxy groups -OCH3 is 2. The summed E-state index contributed by atoms with van der Waals surface area (Å²) in [5.41, 5.74) is 2.77. The second kappa shape index (κ2) is 7.64. The molecule has 0 aromatic heterocycles. The molecule has 0 atom stereocenters. The molecule has 0 bridgehead atoms. The van der Waals surface area contributed by atoms with Crippen LogP contribution in [0.1, 0.15) is 11.1 Å². The molecule has 0 unspecified atom stereocenters. The van der Waals surface area contributed by atoms with E-state index in [1.807, 2.05) is 24.3 Å². The van der Waals surface area contributed by atoms with Crippen LogP contribution >= 0.6 is 0 Å². The maximum absolute atomic E-state index is 13.9. The standard InChI is InChI=1S/C17H20FNO2/c1-20-10-9-13-5-3-4-6-17(13)19-12-14-7-8-15(21-2)11-16(14)18/h3-8,11,19H,9-10,12H2,1-2H3. The van der Waals surface area contributed by atoms with Gasteiger partial charge >= 0.3 is 0 Å². The molecule has 1 N–H and O–H groups in total. The van der Waals surface area contributed by atoms with E-state index in [0.29, 0.717) is 24.5 Å². The Kier molecular flexibility index (Phi) is 5.58. The van der Waals surface area contributed by atoms with Gasteiger partial charge in [0.1, 0.15) is 11.6 Å². The van der Waals surface area contributed by atoms with Crippen LogP contribution in [-0.4, -0.2) is 20.8 Å². The molecular formula is C17H20FNO2. The lowest BCUT2D eigenvalue weighted by atomic mass is 10.1. The van der Waals surface area contributed by atoms with Crippen LogP contribution < -0.4 is 10.1 Å². The molecule has 2 aromatic rings. The van der Waals surface area contributed by atoms with Gasteiger partial charge in [-0.05, 0) is 24.1 Å². The zero-order valence-electron chi connectivity index (χ0n) is 12.4. The number of rotatable bonds is 7. The van der Waals surface area contributed by atoms with Gasteiger partial charge in [0.2, 0.25) is 0 Å². The molecule has 0 aliphatic heterocycles. The van der Waals surface area contributed by atoms with Crippen LogP contribution in [0.4, 0.5) is 10.1 Å². The van der Waals surface area contributed by atoms with Crippen LogP contribution in [0, 0.1) is 5.82 Å². The van der Waals surface area contributed by atoms with Gasteiger partial charge in [-0.1, -0.05) is 24.3 Å². The van der Waals surface area contributed by atoms with Crippen LogP contribution in [0.5, 0.6) is 5.75 Å². The summed E-state index contributed by atoms with van der Waals surface area (Å²) in [5.74, 6) is 0.257. The highest BCUT2D eigenvalue weighted by Gasteiger charge is 2.06. The number of nitrogens with one attached hydrogen (secondary N) is 1. The minimum absolute atomic E-state index is 0.267. The number of hydrogen-bond donors (Lipinski definition) is 1. The van der Waals surface area contributed by atoms with Gasteiger partial charge in [-0.2, -0.15) is 0 Å². The van der Waals surface area contributed by atoms with Gasteiger partial charge in [0.05, 0.1) is 13.7 Å². The van der Waals surface area contributed by atoms with Crippen LogP contribution in [-0.2, 0) is 17.7 Å². The lowest BCUT2D eigenvalue weighted by Crippen LogP contribution is -2.05. The molecule has 0 spiro atoms. The topological polar surface area (TPSA) is 30.5 Å². The predicted molar refractivity (Wildman–Crippen MR) is 82.3 cm³/mol. The summed E-state index contributed by atoms with van der Waals surface area (Å²) in [4.78, 5) is 0. The predicted octanol–water partition coefficient (Wildman–Crippen LogP) is 3.64. The zero-order chi connectivity index (χ0) is 15.1. The van der Waals surface area contributed by atoms with Gasteiger partial charge in [-0.3, -0.25) is 0 Å². The number of anilines is 1. The Labute approximate surface area is 124 Å². The van der Waals surface area contributed by atoms with E-state index in [4.69, 9.17) is 9.47 Å². The third-order valence-corrected chi connectivity index (χ3v) is 3.32. The quantitative estimate of drug-likeness (QED) is 0.844. The highest BCUT2D eigenvalue weighted by atomic mass is 19.1. The molecule has 0 aliphatic rings. The number of hydrogen-bond acceptors (Lipinski definition) is 3. The molecule has 0 amide bonds. The van der Waals surface area contributed by atoms with E-state index >= 15 is 0 Å². The maximum atomic E-state index is 13.9. The third-order valence-electron chi connectivity index (χ3n) is 3.32. The molecule has 0 saturated carbocycles. The Balaban J connectivity index is 2.06. The van der Waals surface area contributed by atoms with E-state index in [1.54, 1.807) is 19.2 Å². The largest absolute Gasteiger partial charge is 0.497 e. The van der Waals surface area contributed by atoms with Crippen molar-refractivity contribution in [1.82, 2.24) is 0 Å². The molecule has 4 heteroatoms. The first-order chi connectivity index (χ1) is 10.2. The second-order valence-electron chi connectivity index (χ2n) is 4.71. The van der Waals surface area contributed by atoms with E-state index < -0.39 is 0 Å². The zero-order valence-corrected chi connectivity index (χ0v) is 12.4. The molecule has 0 radical (unpaired) electrons. The Bertz CT molecular complexity index is 587. The number of para-hydroxylation sites is 1. The first kappa shape index (κ1) is 15.3. The molecule has 2 aromatic carbocycles. The van der Waals surface area contributed by atoms with Gasteiger partial charge in [0.25, 0.3) is 0 Å². The third kappa shape index (κ3) is 4.20. The van der Waals surface area contributed by atoms with Gasteiger partial charge < -0.3 is 14.8 Å². The fourth-order valence-electron chi connectivity index (χ4n) is 2.11. The van der Waals surface area contributed by atoms with Crippen LogP contribution in [0.3, 0.4) is 0 Å². The van der Waals surface area contributed by atoms with E-state index in [-0.39, 0.29) is 5.82 Å². The van der Waals surface area contributed by atoms with Crippen molar-refractivity contribution in [1.29, 1.82) is 0 Å². The van der Waals surface area contributed by atoms with Crippen molar-refractivity contribution in [3.05, 3.63) is 59.4 Å². The summed E-state index contributed by atoms with van der Waals surface area (Å²) >= 11 is 0. The molecule has 0 fully saturated rings. The summed E-state index contributed by atoms with van der Waals surface area (Å²) in [6, 6.07) is 12.9. The van der Waals surface area contributed by atoms with Gasteiger partial charge in [-0.25, -0.2) is 4.39 Å². The number of benzene rings is 2. The molecule has 0 heterocycles. The Morgan fingerprint density at radius 3 is 2.57 bits per heavy atom. The first-order valence-corrected chi connectivity index (χ1v) is 6.87. The Morgan fingerprint density at radius 2 is 1.86 bits per heavy atom. The van der Waals surface area contributed by atoms with Crippen molar-refractivity contribution in [3.8, 4) is 5.75 Å². The average molecular weight is 289 g/mol. The normalized spacial score (nSPS) is 10.4. The van der Waals surface area contributed by atoms with E-state index in [2.05, 4.69) is 5.32 Å². The monoisotopic (exact) mass is 289 g/mol. The molecule has 2 rings (SSSR count). The summed E-state index contributed by atoms with van der Waals surface area (Å²) in [7, 11) is 3.21. The molecule has 21 heavy (non-hydrogen) atoms. The van der Waals surface area contributed by atoms with Crippen LogP contribution in [0.25, 0.3) is 0 Å². The smallest absolute Gasteiger partial charge is 0.131 e. The van der Waals surface area contributed by atoms with Crippen molar-refractivity contribution in [2.45, 2.75) is 13.0 Å². The van der Waals surface area contributed by atoms with Crippen LogP contribution in [0.2, 0.25) is 0 Å². The van der Waals surface area contributed by atoms with E-state index in [9.17, 15) is 4.39 Å². The van der Waals surface area contributed by atoms with Crippen molar-refractivity contribution < 1.29 is 13.9 Å². The van der Waals surface area contributed by atoms with Crippen molar-refractivity contribution in [2.24, 2.45) is 0 Å². The van der Waals surface area contributed by atoms with Gasteiger partial charge in [-0.15, -0.1) is 0 Å².